The molecule has 1 saturated heterocycles. The predicted octanol–water partition coefficient (Wildman–Crippen LogP) is 0.738. The van der Waals surface area contributed by atoms with Crippen molar-refractivity contribution in [3.63, 3.8) is 0 Å². The molecule has 1 N–H and O–H groups in total. The fourth-order valence-electron chi connectivity index (χ4n) is 2.19. The van der Waals surface area contributed by atoms with E-state index in [-0.39, 0.29) is 42.4 Å². The van der Waals surface area contributed by atoms with E-state index in [0.29, 0.717) is 32.7 Å². The second kappa shape index (κ2) is 11.2. The molecule has 0 aromatic heterocycles. The van der Waals surface area contributed by atoms with Gasteiger partial charge in [-0.05, 0) is 13.8 Å². The van der Waals surface area contributed by atoms with E-state index in [0.717, 1.165) is 5.96 Å². The quantitative estimate of drug-likeness (QED) is 0.263. The molecule has 0 unspecified atom stereocenters. The third kappa shape index (κ3) is 7.81. The summed E-state index contributed by atoms with van der Waals surface area (Å²) in [5.74, 6) is 0.814. The molecule has 0 aromatic rings. The van der Waals surface area contributed by atoms with Gasteiger partial charge in [-0.1, -0.05) is 6.08 Å². The zero-order valence-electron chi connectivity index (χ0n) is 14.2. The lowest BCUT2D eigenvalue weighted by molar-refractivity contribution is 0.0904. The van der Waals surface area contributed by atoms with E-state index in [1.165, 1.54) is 4.31 Å². The van der Waals surface area contributed by atoms with Gasteiger partial charge in [0.25, 0.3) is 0 Å². The lowest BCUT2D eigenvalue weighted by Gasteiger charge is -2.35. The predicted molar refractivity (Wildman–Crippen MR) is 105 cm³/mol. The Labute approximate surface area is 157 Å². The number of aliphatic imine (C=N–C) groups is 1. The maximum absolute atomic E-state index is 12.3. The highest BCUT2D eigenvalue weighted by Crippen LogP contribution is 2.09. The Balaban J connectivity index is 0.00000484. The van der Waals surface area contributed by atoms with Gasteiger partial charge in [-0.2, -0.15) is 4.31 Å². The number of nitrogens with zero attached hydrogens (tertiary/aromatic N) is 3. The van der Waals surface area contributed by atoms with E-state index in [1.54, 1.807) is 13.1 Å². The Bertz CT molecular complexity index is 474. The number of sulfonamides is 1. The van der Waals surface area contributed by atoms with Crippen LogP contribution < -0.4 is 5.32 Å². The smallest absolute Gasteiger partial charge is 0.216 e. The summed E-state index contributed by atoms with van der Waals surface area (Å²) < 4.78 is 31.4. The molecule has 1 fully saturated rings. The average Bonchev–Trinajstić information content (AvgIpc) is 2.48. The molecule has 0 aromatic carbocycles. The number of nitrogens with one attached hydrogen (secondary N) is 1. The first-order valence-corrected chi connectivity index (χ1v) is 9.17. The molecule has 136 valence electrons. The van der Waals surface area contributed by atoms with Crippen molar-refractivity contribution in [1.29, 1.82) is 0 Å². The first-order chi connectivity index (χ1) is 10.4. The van der Waals surface area contributed by atoms with Gasteiger partial charge in [0.2, 0.25) is 10.0 Å². The van der Waals surface area contributed by atoms with Gasteiger partial charge in [0.05, 0.1) is 18.5 Å². The van der Waals surface area contributed by atoms with Crippen LogP contribution in [0.2, 0.25) is 0 Å². The van der Waals surface area contributed by atoms with Crippen LogP contribution in [0.25, 0.3) is 0 Å². The summed E-state index contributed by atoms with van der Waals surface area (Å²) in [6.45, 7) is 10.5. The molecule has 0 atom stereocenters. The van der Waals surface area contributed by atoms with Crippen LogP contribution >= 0.6 is 24.0 Å². The van der Waals surface area contributed by atoms with Crippen molar-refractivity contribution in [2.45, 2.75) is 20.0 Å². The molecule has 0 bridgehead atoms. The van der Waals surface area contributed by atoms with Crippen LogP contribution in [-0.2, 0) is 14.8 Å². The van der Waals surface area contributed by atoms with Crippen molar-refractivity contribution in [2.24, 2.45) is 4.99 Å². The Morgan fingerprint density at radius 2 is 1.96 bits per heavy atom. The molecule has 0 amide bonds. The normalized spacial score (nSPS) is 17.0. The highest BCUT2D eigenvalue weighted by atomic mass is 127. The summed E-state index contributed by atoms with van der Waals surface area (Å²) >= 11 is 0. The highest BCUT2D eigenvalue weighted by Gasteiger charge is 2.27. The molecule has 0 radical (unpaired) electrons. The molecular weight excluding hydrogens is 431 g/mol. The van der Waals surface area contributed by atoms with E-state index >= 15 is 0 Å². The lowest BCUT2D eigenvalue weighted by atomic mass is 10.4. The minimum atomic E-state index is -3.25. The summed E-state index contributed by atoms with van der Waals surface area (Å²) in [6.07, 6.45) is 1.81. The minimum absolute atomic E-state index is 0. The standard InChI is InChI=1S/C14H28N4O3S.HI/c1-5-6-16-14(15-4)17-7-9-18(10-8-17)22(19,20)12-11-21-13(2)3;/h5,13H,1,6-12H2,2-4H3,(H,15,16);1H. The molecule has 0 aliphatic carbocycles. The molecule has 0 spiro atoms. The minimum Gasteiger partial charge on any atom is -0.378 e. The summed E-state index contributed by atoms with van der Waals surface area (Å²) in [7, 11) is -1.53. The maximum atomic E-state index is 12.3. The summed E-state index contributed by atoms with van der Waals surface area (Å²) in [4.78, 5) is 6.26. The van der Waals surface area contributed by atoms with Crippen molar-refractivity contribution in [3.05, 3.63) is 12.7 Å². The van der Waals surface area contributed by atoms with Crippen molar-refractivity contribution in [1.82, 2.24) is 14.5 Å². The highest BCUT2D eigenvalue weighted by molar-refractivity contribution is 14.0. The van der Waals surface area contributed by atoms with Gasteiger partial charge >= 0.3 is 0 Å². The topological polar surface area (TPSA) is 74.2 Å². The Hall–Kier alpha value is -0.390. The molecule has 1 heterocycles. The van der Waals surface area contributed by atoms with Gasteiger partial charge in [-0.3, -0.25) is 4.99 Å². The number of ether oxygens (including phenoxy) is 1. The van der Waals surface area contributed by atoms with Gasteiger partial charge in [0.15, 0.2) is 5.96 Å². The SMILES string of the molecule is C=CCNC(=NC)N1CCN(S(=O)(=O)CCOC(C)C)CC1.I. The van der Waals surface area contributed by atoms with E-state index in [2.05, 4.69) is 21.8 Å². The molecule has 1 aliphatic rings. The number of piperazine rings is 1. The molecule has 1 aliphatic heterocycles. The van der Waals surface area contributed by atoms with Gasteiger partial charge in [-0.25, -0.2) is 8.42 Å². The monoisotopic (exact) mass is 460 g/mol. The summed E-state index contributed by atoms with van der Waals surface area (Å²) in [5.41, 5.74) is 0. The number of hydrogen-bond acceptors (Lipinski definition) is 4. The van der Waals surface area contributed by atoms with E-state index in [1.807, 2.05) is 13.8 Å². The van der Waals surface area contributed by atoms with Crippen LogP contribution in [-0.4, -0.2) is 81.8 Å². The first kappa shape index (κ1) is 22.6. The van der Waals surface area contributed by atoms with Gasteiger partial charge in [-0.15, -0.1) is 30.6 Å². The van der Waals surface area contributed by atoms with Crippen molar-refractivity contribution in [3.8, 4) is 0 Å². The molecule has 7 nitrogen and oxygen atoms in total. The number of halogens is 1. The van der Waals surface area contributed by atoms with Crippen LogP contribution in [0.4, 0.5) is 0 Å². The fraction of sp³-hybridized carbons (Fsp3) is 0.786. The zero-order chi connectivity index (χ0) is 16.6. The molecule has 23 heavy (non-hydrogen) atoms. The van der Waals surface area contributed by atoms with Crippen LogP contribution in [0.3, 0.4) is 0 Å². The van der Waals surface area contributed by atoms with Gasteiger partial charge in [0, 0.05) is 39.8 Å². The van der Waals surface area contributed by atoms with E-state index in [9.17, 15) is 8.42 Å². The lowest BCUT2D eigenvalue weighted by Crippen LogP contribution is -2.54. The van der Waals surface area contributed by atoms with Gasteiger partial charge < -0.3 is 15.0 Å². The van der Waals surface area contributed by atoms with E-state index < -0.39 is 10.0 Å². The van der Waals surface area contributed by atoms with E-state index in [4.69, 9.17) is 4.74 Å². The van der Waals surface area contributed by atoms with Crippen molar-refractivity contribution in [2.75, 3.05) is 52.1 Å². The number of guanidine groups is 1. The van der Waals surface area contributed by atoms with Gasteiger partial charge in [0.1, 0.15) is 0 Å². The Morgan fingerprint density at radius 3 is 2.43 bits per heavy atom. The van der Waals surface area contributed by atoms with Crippen LogP contribution in [0, 0.1) is 0 Å². The molecule has 0 saturated carbocycles. The Kier molecular flexibility index (Phi) is 11.0. The number of rotatable bonds is 7. The molecule has 1 rings (SSSR count). The molecule has 9 heteroatoms. The largest absolute Gasteiger partial charge is 0.378 e. The third-order valence-corrected chi connectivity index (χ3v) is 5.17. The molecular formula is C14H29IN4O3S. The van der Waals surface area contributed by atoms with Crippen LogP contribution in [0.15, 0.2) is 17.6 Å². The average molecular weight is 460 g/mol. The fourth-order valence-corrected chi connectivity index (χ4v) is 3.48. The van der Waals surface area contributed by atoms with Crippen molar-refractivity contribution >= 4 is 40.0 Å². The Morgan fingerprint density at radius 1 is 1.35 bits per heavy atom. The van der Waals surface area contributed by atoms with Crippen LogP contribution in [0.1, 0.15) is 13.8 Å². The zero-order valence-corrected chi connectivity index (χ0v) is 17.3. The summed E-state index contributed by atoms with van der Waals surface area (Å²) in [5, 5.41) is 3.16. The second-order valence-electron chi connectivity index (χ2n) is 5.34. The maximum Gasteiger partial charge on any atom is 0.216 e. The first-order valence-electron chi connectivity index (χ1n) is 7.56. The third-order valence-electron chi connectivity index (χ3n) is 3.34. The second-order valence-corrected chi connectivity index (χ2v) is 7.43. The van der Waals surface area contributed by atoms with Crippen LogP contribution in [0.5, 0.6) is 0 Å². The number of hydrogen-bond donors (Lipinski definition) is 1. The van der Waals surface area contributed by atoms with Crippen molar-refractivity contribution < 1.29 is 13.2 Å². The summed E-state index contributed by atoms with van der Waals surface area (Å²) in [6, 6.07) is 0.